The maximum absolute atomic E-state index is 11.6. The molecule has 0 atom stereocenters. The molecule has 0 aliphatic carbocycles. The van der Waals surface area contributed by atoms with E-state index in [2.05, 4.69) is 11.0 Å². The molecule has 0 radical (unpaired) electrons. The molecule has 0 bridgehead atoms. The maximum Gasteiger partial charge on any atom is 0.222 e. The summed E-state index contributed by atoms with van der Waals surface area (Å²) in [6.45, 7) is 6.79. The fourth-order valence-electron chi connectivity index (χ4n) is 2.64. The highest BCUT2D eigenvalue weighted by molar-refractivity contribution is 6.30. The minimum absolute atomic E-state index is 0.281. The molecule has 1 aromatic carbocycles. The number of amides is 1. The Labute approximate surface area is 126 Å². The van der Waals surface area contributed by atoms with Crippen molar-refractivity contribution in [2.45, 2.75) is 26.2 Å². The van der Waals surface area contributed by atoms with Gasteiger partial charge >= 0.3 is 0 Å². The number of halogens is 1. The summed E-state index contributed by atoms with van der Waals surface area (Å²) in [5.74, 6) is 0.281. The van der Waals surface area contributed by atoms with Crippen LogP contribution < -0.4 is 0 Å². The van der Waals surface area contributed by atoms with Crippen molar-refractivity contribution in [3.05, 3.63) is 34.9 Å². The molecule has 0 N–H and O–H groups in total. The Bertz CT molecular complexity index is 442. The Hall–Kier alpha value is -1.06. The molecule has 0 unspecified atom stereocenters. The van der Waals surface area contributed by atoms with Gasteiger partial charge < -0.3 is 4.90 Å². The lowest BCUT2D eigenvalue weighted by Crippen LogP contribution is -2.48. The first-order valence-corrected chi connectivity index (χ1v) is 7.81. The van der Waals surface area contributed by atoms with E-state index in [0.29, 0.717) is 6.42 Å². The molecule has 110 valence electrons. The average molecular weight is 295 g/mol. The summed E-state index contributed by atoms with van der Waals surface area (Å²) in [7, 11) is 0. The molecule has 20 heavy (non-hydrogen) atoms. The molecule has 1 aliphatic heterocycles. The van der Waals surface area contributed by atoms with Gasteiger partial charge in [-0.3, -0.25) is 9.69 Å². The summed E-state index contributed by atoms with van der Waals surface area (Å²) < 4.78 is 0. The van der Waals surface area contributed by atoms with Crippen molar-refractivity contribution in [3.63, 3.8) is 0 Å². The van der Waals surface area contributed by atoms with Crippen molar-refractivity contribution >= 4 is 17.5 Å². The average Bonchev–Trinajstić information content (AvgIpc) is 2.47. The van der Waals surface area contributed by atoms with Crippen LogP contribution in [0.2, 0.25) is 5.02 Å². The molecule has 1 aliphatic rings. The van der Waals surface area contributed by atoms with Crippen LogP contribution >= 0.6 is 11.6 Å². The highest BCUT2D eigenvalue weighted by atomic mass is 35.5. The second kappa shape index (κ2) is 7.65. The van der Waals surface area contributed by atoms with Gasteiger partial charge in [-0.25, -0.2) is 0 Å². The highest BCUT2D eigenvalue weighted by Crippen LogP contribution is 2.13. The molecule has 1 saturated heterocycles. The van der Waals surface area contributed by atoms with E-state index in [1.807, 2.05) is 30.0 Å². The Morgan fingerprint density at radius 2 is 2.00 bits per heavy atom. The summed E-state index contributed by atoms with van der Waals surface area (Å²) in [5, 5.41) is 0.814. The van der Waals surface area contributed by atoms with Crippen molar-refractivity contribution in [1.82, 2.24) is 9.80 Å². The van der Waals surface area contributed by atoms with Gasteiger partial charge in [0, 0.05) is 37.6 Å². The van der Waals surface area contributed by atoms with E-state index in [9.17, 15) is 4.79 Å². The highest BCUT2D eigenvalue weighted by Gasteiger charge is 2.19. The topological polar surface area (TPSA) is 23.6 Å². The minimum atomic E-state index is 0.281. The van der Waals surface area contributed by atoms with Gasteiger partial charge in [-0.05, 0) is 37.1 Å². The maximum atomic E-state index is 11.6. The fraction of sp³-hybridized carbons (Fsp3) is 0.562. The summed E-state index contributed by atoms with van der Waals surface area (Å²) in [5.41, 5.74) is 1.30. The lowest BCUT2D eigenvalue weighted by Gasteiger charge is -2.34. The molecule has 1 fully saturated rings. The molecular weight excluding hydrogens is 272 g/mol. The number of carbonyl (C=O) groups is 1. The molecule has 0 saturated carbocycles. The standard InChI is InChI=1S/C16H23ClN2O/c1-2-16(20)19-11-9-18(10-12-19)8-4-6-14-5-3-7-15(17)13-14/h3,5,7,13H,2,4,6,8-12H2,1H3. The summed E-state index contributed by atoms with van der Waals surface area (Å²) in [6, 6.07) is 8.09. The zero-order valence-corrected chi connectivity index (χ0v) is 12.9. The van der Waals surface area contributed by atoms with Crippen LogP contribution in [-0.2, 0) is 11.2 Å². The molecule has 4 heteroatoms. The van der Waals surface area contributed by atoms with Crippen molar-refractivity contribution in [1.29, 1.82) is 0 Å². The summed E-state index contributed by atoms with van der Waals surface area (Å²) in [6.07, 6.45) is 2.82. The van der Waals surface area contributed by atoms with Gasteiger partial charge in [0.2, 0.25) is 5.91 Å². The Balaban J connectivity index is 1.67. The van der Waals surface area contributed by atoms with Crippen molar-refractivity contribution < 1.29 is 4.79 Å². The number of carbonyl (C=O) groups excluding carboxylic acids is 1. The van der Waals surface area contributed by atoms with Crippen LogP contribution in [0.4, 0.5) is 0 Å². The lowest BCUT2D eigenvalue weighted by atomic mass is 10.1. The molecule has 1 aromatic rings. The normalized spacial score (nSPS) is 16.4. The number of benzene rings is 1. The quantitative estimate of drug-likeness (QED) is 0.834. The van der Waals surface area contributed by atoms with E-state index in [1.165, 1.54) is 5.56 Å². The first kappa shape index (κ1) is 15.3. The van der Waals surface area contributed by atoms with Crippen LogP contribution in [-0.4, -0.2) is 48.4 Å². The third kappa shape index (κ3) is 4.50. The summed E-state index contributed by atoms with van der Waals surface area (Å²) >= 11 is 5.98. The predicted octanol–water partition coefficient (Wildman–Crippen LogP) is 2.83. The Morgan fingerprint density at radius 3 is 2.65 bits per heavy atom. The van der Waals surface area contributed by atoms with Crippen LogP contribution in [0, 0.1) is 0 Å². The van der Waals surface area contributed by atoms with Gasteiger partial charge in [-0.1, -0.05) is 30.7 Å². The van der Waals surface area contributed by atoms with Gasteiger partial charge in [0.1, 0.15) is 0 Å². The second-order valence-electron chi connectivity index (χ2n) is 5.31. The molecule has 1 heterocycles. The molecule has 2 rings (SSSR count). The number of rotatable bonds is 5. The monoisotopic (exact) mass is 294 g/mol. The summed E-state index contributed by atoms with van der Waals surface area (Å²) in [4.78, 5) is 16.0. The molecular formula is C16H23ClN2O. The smallest absolute Gasteiger partial charge is 0.222 e. The van der Waals surface area contributed by atoms with E-state index < -0.39 is 0 Å². The number of hydrogen-bond acceptors (Lipinski definition) is 2. The third-order valence-electron chi connectivity index (χ3n) is 3.86. The largest absolute Gasteiger partial charge is 0.340 e. The van der Waals surface area contributed by atoms with Crippen LogP contribution in [0.15, 0.2) is 24.3 Å². The Kier molecular flexibility index (Phi) is 5.86. The number of piperazine rings is 1. The van der Waals surface area contributed by atoms with Crippen molar-refractivity contribution in [2.24, 2.45) is 0 Å². The van der Waals surface area contributed by atoms with Crippen molar-refractivity contribution in [2.75, 3.05) is 32.7 Å². The Morgan fingerprint density at radius 1 is 1.25 bits per heavy atom. The third-order valence-corrected chi connectivity index (χ3v) is 4.09. The minimum Gasteiger partial charge on any atom is -0.340 e. The van der Waals surface area contributed by atoms with Crippen LogP contribution in [0.5, 0.6) is 0 Å². The van der Waals surface area contributed by atoms with Gasteiger partial charge in [0.25, 0.3) is 0 Å². The zero-order chi connectivity index (χ0) is 14.4. The van der Waals surface area contributed by atoms with E-state index >= 15 is 0 Å². The fourth-order valence-corrected chi connectivity index (χ4v) is 2.86. The van der Waals surface area contributed by atoms with Crippen molar-refractivity contribution in [3.8, 4) is 0 Å². The van der Waals surface area contributed by atoms with Gasteiger partial charge in [0.05, 0.1) is 0 Å². The molecule has 3 nitrogen and oxygen atoms in total. The van der Waals surface area contributed by atoms with E-state index in [1.54, 1.807) is 0 Å². The lowest BCUT2D eigenvalue weighted by molar-refractivity contribution is -0.132. The number of aryl methyl sites for hydroxylation is 1. The first-order valence-electron chi connectivity index (χ1n) is 7.43. The van der Waals surface area contributed by atoms with Gasteiger partial charge in [0.15, 0.2) is 0 Å². The van der Waals surface area contributed by atoms with E-state index in [-0.39, 0.29) is 5.91 Å². The van der Waals surface area contributed by atoms with Crippen LogP contribution in [0.1, 0.15) is 25.3 Å². The molecule has 0 aromatic heterocycles. The van der Waals surface area contributed by atoms with E-state index in [4.69, 9.17) is 11.6 Å². The second-order valence-corrected chi connectivity index (χ2v) is 5.75. The number of nitrogens with zero attached hydrogens (tertiary/aromatic N) is 2. The first-order chi connectivity index (χ1) is 9.69. The predicted molar refractivity (Wildman–Crippen MR) is 83.1 cm³/mol. The molecule has 1 amide bonds. The number of hydrogen-bond donors (Lipinski definition) is 0. The zero-order valence-electron chi connectivity index (χ0n) is 12.1. The van der Waals surface area contributed by atoms with E-state index in [0.717, 1.165) is 50.6 Å². The van der Waals surface area contributed by atoms with Crippen LogP contribution in [0.25, 0.3) is 0 Å². The van der Waals surface area contributed by atoms with Gasteiger partial charge in [-0.15, -0.1) is 0 Å². The SMILES string of the molecule is CCC(=O)N1CCN(CCCc2cccc(Cl)c2)CC1. The molecule has 0 spiro atoms. The van der Waals surface area contributed by atoms with Crippen LogP contribution in [0.3, 0.4) is 0 Å². The van der Waals surface area contributed by atoms with Gasteiger partial charge in [-0.2, -0.15) is 0 Å².